The Labute approximate surface area is 69.6 Å². The topological polar surface area (TPSA) is 49.8 Å². The Kier molecular flexibility index (Phi) is 2.16. The zero-order chi connectivity index (χ0) is 8.43. The molecule has 0 bridgehead atoms. The highest BCUT2D eigenvalue weighted by atomic mass is 35.5. The first-order valence-electron chi connectivity index (χ1n) is 3.22. The van der Waals surface area contributed by atoms with Crippen molar-refractivity contribution in [2.75, 3.05) is 0 Å². The second-order valence-electron chi connectivity index (χ2n) is 2.48. The molecule has 1 rings (SSSR count). The van der Waals surface area contributed by atoms with Crippen LogP contribution in [0.2, 0.25) is 5.02 Å². The fourth-order valence-corrected chi connectivity index (χ4v) is 1.05. The fourth-order valence-electron chi connectivity index (χ4n) is 0.720. The van der Waals surface area contributed by atoms with Crippen LogP contribution in [0, 0.1) is 11.3 Å². The van der Waals surface area contributed by atoms with Crippen molar-refractivity contribution in [2.45, 2.75) is 19.8 Å². The molecule has 0 saturated heterocycles. The third kappa shape index (κ3) is 1.36. The molecule has 0 aliphatic carbocycles. The third-order valence-corrected chi connectivity index (χ3v) is 1.66. The lowest BCUT2D eigenvalue weighted by atomic mass is 10.1. The van der Waals surface area contributed by atoms with E-state index >= 15 is 0 Å². The summed E-state index contributed by atoms with van der Waals surface area (Å²) in [5, 5.41) is 12.3. The SMILES string of the molecule is CC(C)c1onc(C#N)c1Cl. The van der Waals surface area contributed by atoms with Crippen LogP contribution >= 0.6 is 11.6 Å². The second kappa shape index (κ2) is 2.93. The van der Waals surface area contributed by atoms with Gasteiger partial charge in [-0.1, -0.05) is 30.6 Å². The van der Waals surface area contributed by atoms with Crippen LogP contribution in [0.15, 0.2) is 4.52 Å². The molecule has 58 valence electrons. The molecule has 0 radical (unpaired) electrons. The van der Waals surface area contributed by atoms with Gasteiger partial charge in [0.05, 0.1) is 0 Å². The highest BCUT2D eigenvalue weighted by molar-refractivity contribution is 6.32. The van der Waals surface area contributed by atoms with E-state index in [0.717, 1.165) is 0 Å². The number of nitrogens with zero attached hydrogens (tertiary/aromatic N) is 2. The van der Waals surface area contributed by atoms with E-state index in [2.05, 4.69) is 5.16 Å². The standard InChI is InChI=1S/C7H7ClN2O/c1-4(2)7-6(8)5(3-9)10-11-7/h4H,1-2H3. The van der Waals surface area contributed by atoms with Crippen LogP contribution in [-0.4, -0.2) is 5.16 Å². The van der Waals surface area contributed by atoms with Gasteiger partial charge in [0.25, 0.3) is 0 Å². The maximum atomic E-state index is 8.46. The first-order chi connectivity index (χ1) is 5.16. The first-order valence-corrected chi connectivity index (χ1v) is 3.59. The summed E-state index contributed by atoms with van der Waals surface area (Å²) in [6, 6.07) is 1.83. The number of hydrogen-bond donors (Lipinski definition) is 0. The van der Waals surface area contributed by atoms with Gasteiger partial charge in [-0.3, -0.25) is 0 Å². The summed E-state index contributed by atoms with van der Waals surface area (Å²) >= 11 is 5.74. The van der Waals surface area contributed by atoms with Gasteiger partial charge in [-0.15, -0.1) is 0 Å². The largest absolute Gasteiger partial charge is 0.358 e. The van der Waals surface area contributed by atoms with Gasteiger partial charge < -0.3 is 4.52 Å². The molecule has 3 nitrogen and oxygen atoms in total. The van der Waals surface area contributed by atoms with Crippen molar-refractivity contribution in [2.24, 2.45) is 0 Å². The molecule has 1 aromatic rings. The third-order valence-electron chi connectivity index (χ3n) is 1.29. The lowest BCUT2D eigenvalue weighted by Gasteiger charge is -1.95. The molecule has 0 unspecified atom stereocenters. The molecule has 0 saturated carbocycles. The van der Waals surface area contributed by atoms with Gasteiger partial charge in [-0.25, -0.2) is 0 Å². The Bertz CT molecular complexity index is 298. The zero-order valence-corrected chi connectivity index (χ0v) is 7.01. The number of aromatic nitrogens is 1. The molecule has 0 aliphatic heterocycles. The van der Waals surface area contributed by atoms with E-state index in [1.807, 2.05) is 19.9 Å². The van der Waals surface area contributed by atoms with Crippen LogP contribution in [0.25, 0.3) is 0 Å². The van der Waals surface area contributed by atoms with Crippen LogP contribution in [0.5, 0.6) is 0 Å². The van der Waals surface area contributed by atoms with E-state index in [4.69, 9.17) is 21.4 Å². The maximum Gasteiger partial charge on any atom is 0.202 e. The minimum absolute atomic E-state index is 0.162. The molecule has 0 atom stereocenters. The van der Waals surface area contributed by atoms with E-state index in [1.165, 1.54) is 0 Å². The monoisotopic (exact) mass is 170 g/mol. The van der Waals surface area contributed by atoms with Crippen molar-refractivity contribution in [1.29, 1.82) is 5.26 Å². The first kappa shape index (κ1) is 8.09. The van der Waals surface area contributed by atoms with Crippen molar-refractivity contribution >= 4 is 11.6 Å². The lowest BCUT2D eigenvalue weighted by Crippen LogP contribution is -1.83. The van der Waals surface area contributed by atoms with E-state index in [0.29, 0.717) is 10.8 Å². The van der Waals surface area contributed by atoms with Crippen molar-refractivity contribution in [3.8, 4) is 6.07 Å². The maximum absolute atomic E-state index is 8.46. The van der Waals surface area contributed by atoms with Gasteiger partial charge in [-0.2, -0.15) is 5.26 Å². The summed E-state index contributed by atoms with van der Waals surface area (Å²) in [6.07, 6.45) is 0. The van der Waals surface area contributed by atoms with Crippen LogP contribution in [-0.2, 0) is 0 Å². The van der Waals surface area contributed by atoms with E-state index < -0.39 is 0 Å². The van der Waals surface area contributed by atoms with Gasteiger partial charge in [0.1, 0.15) is 11.1 Å². The summed E-state index contributed by atoms with van der Waals surface area (Å²) < 4.78 is 4.84. The minimum atomic E-state index is 0.162. The van der Waals surface area contributed by atoms with Gasteiger partial charge >= 0.3 is 0 Å². The quantitative estimate of drug-likeness (QED) is 0.650. The molecule has 11 heavy (non-hydrogen) atoms. The number of rotatable bonds is 1. The Morgan fingerprint density at radius 2 is 2.27 bits per heavy atom. The molecule has 0 fully saturated rings. The molecule has 0 aliphatic rings. The predicted octanol–water partition coefficient (Wildman–Crippen LogP) is 2.32. The van der Waals surface area contributed by atoms with Crippen LogP contribution < -0.4 is 0 Å². The number of hydrogen-bond acceptors (Lipinski definition) is 3. The van der Waals surface area contributed by atoms with E-state index in [9.17, 15) is 0 Å². The molecule has 0 N–H and O–H groups in total. The average molecular weight is 171 g/mol. The summed E-state index contributed by atoms with van der Waals surface area (Å²) in [7, 11) is 0. The molecular weight excluding hydrogens is 164 g/mol. The molecule has 0 aromatic carbocycles. The van der Waals surface area contributed by atoms with Crippen LogP contribution in [0.1, 0.15) is 31.2 Å². The highest BCUT2D eigenvalue weighted by Crippen LogP contribution is 2.26. The van der Waals surface area contributed by atoms with Crippen molar-refractivity contribution < 1.29 is 4.52 Å². The lowest BCUT2D eigenvalue weighted by molar-refractivity contribution is 0.370. The normalized spacial score (nSPS) is 10.1. The van der Waals surface area contributed by atoms with Crippen LogP contribution in [0.4, 0.5) is 0 Å². The van der Waals surface area contributed by atoms with E-state index in [-0.39, 0.29) is 11.6 Å². The van der Waals surface area contributed by atoms with E-state index in [1.54, 1.807) is 0 Å². The zero-order valence-electron chi connectivity index (χ0n) is 6.26. The van der Waals surface area contributed by atoms with Gasteiger partial charge in [0.2, 0.25) is 5.69 Å². The Balaban J connectivity index is 3.13. The summed E-state index contributed by atoms with van der Waals surface area (Å²) in [4.78, 5) is 0. The van der Waals surface area contributed by atoms with Crippen molar-refractivity contribution in [3.05, 3.63) is 16.5 Å². The number of halogens is 1. The summed E-state index contributed by atoms with van der Waals surface area (Å²) in [5.74, 6) is 0.736. The average Bonchev–Trinajstić information content (AvgIpc) is 2.30. The minimum Gasteiger partial charge on any atom is -0.358 e. The molecule has 1 heterocycles. The fraction of sp³-hybridized carbons (Fsp3) is 0.429. The molecule has 1 aromatic heterocycles. The Morgan fingerprint density at radius 1 is 1.64 bits per heavy atom. The van der Waals surface area contributed by atoms with Gasteiger partial charge in [0, 0.05) is 5.92 Å². The van der Waals surface area contributed by atoms with Crippen molar-refractivity contribution in [3.63, 3.8) is 0 Å². The second-order valence-corrected chi connectivity index (χ2v) is 2.85. The Morgan fingerprint density at radius 3 is 2.55 bits per heavy atom. The highest BCUT2D eigenvalue weighted by Gasteiger charge is 2.15. The molecular formula is C7H7ClN2O. The van der Waals surface area contributed by atoms with Gasteiger partial charge in [0.15, 0.2) is 5.76 Å². The van der Waals surface area contributed by atoms with Crippen LogP contribution in [0.3, 0.4) is 0 Å². The van der Waals surface area contributed by atoms with Crippen molar-refractivity contribution in [1.82, 2.24) is 5.16 Å². The molecule has 0 amide bonds. The molecule has 4 heteroatoms. The smallest absolute Gasteiger partial charge is 0.202 e. The number of nitriles is 1. The molecule has 0 spiro atoms. The summed E-state index contributed by atoms with van der Waals surface area (Å²) in [5.41, 5.74) is 0.162. The predicted molar refractivity (Wildman–Crippen MR) is 40.3 cm³/mol. The summed E-state index contributed by atoms with van der Waals surface area (Å²) in [6.45, 7) is 3.85. The Hall–Kier alpha value is -1.01. The van der Waals surface area contributed by atoms with Gasteiger partial charge in [-0.05, 0) is 0 Å².